The van der Waals surface area contributed by atoms with Crippen LogP contribution >= 0.6 is 11.3 Å². The van der Waals surface area contributed by atoms with Crippen molar-refractivity contribution in [2.24, 2.45) is 17.3 Å². The van der Waals surface area contributed by atoms with E-state index in [2.05, 4.69) is 14.9 Å². The number of ether oxygens (including phenoxy) is 1. The van der Waals surface area contributed by atoms with Gasteiger partial charge in [-0.05, 0) is 24.3 Å². The smallest absolute Gasteiger partial charge is 0.387 e. The van der Waals surface area contributed by atoms with Crippen LogP contribution in [0.3, 0.4) is 0 Å². The lowest BCUT2D eigenvalue weighted by Gasteiger charge is -2.06. The van der Waals surface area contributed by atoms with Crippen LogP contribution in [0.1, 0.15) is 5.56 Å². The third-order valence-corrected chi connectivity index (χ3v) is 4.29. The van der Waals surface area contributed by atoms with E-state index < -0.39 is 6.61 Å². The average molecular weight is 333 g/mol. The van der Waals surface area contributed by atoms with E-state index in [1.165, 1.54) is 23.6 Å². The summed E-state index contributed by atoms with van der Waals surface area (Å²) in [4.78, 5) is 0.717. The summed E-state index contributed by atoms with van der Waals surface area (Å²) in [6.45, 7) is -2.87. The molecule has 0 bridgehead atoms. The predicted molar refractivity (Wildman–Crippen MR) is 87.0 cm³/mol. The lowest BCUT2D eigenvalue weighted by molar-refractivity contribution is -0.0499. The highest BCUT2D eigenvalue weighted by Crippen LogP contribution is 2.18. The van der Waals surface area contributed by atoms with Gasteiger partial charge in [0.05, 0.1) is 16.4 Å². The van der Waals surface area contributed by atoms with E-state index in [1.807, 2.05) is 35.9 Å². The highest BCUT2D eigenvalue weighted by Gasteiger charge is 2.07. The highest BCUT2D eigenvalue weighted by molar-refractivity contribution is 7.16. The average Bonchev–Trinajstić information content (AvgIpc) is 2.85. The van der Waals surface area contributed by atoms with Crippen LogP contribution in [0.25, 0.3) is 10.2 Å². The van der Waals surface area contributed by atoms with Crippen molar-refractivity contribution in [1.29, 1.82) is 0 Å². The van der Waals surface area contributed by atoms with Crippen LogP contribution in [0.5, 0.6) is 5.75 Å². The predicted octanol–water partition coefficient (Wildman–Crippen LogP) is 3.78. The molecule has 0 atom stereocenters. The van der Waals surface area contributed by atoms with E-state index in [4.69, 9.17) is 0 Å². The summed E-state index contributed by atoms with van der Waals surface area (Å²) in [5.74, 6) is 0.0714. The Bertz CT molecular complexity index is 915. The van der Waals surface area contributed by atoms with E-state index >= 15 is 0 Å². The minimum Gasteiger partial charge on any atom is -0.434 e. The number of benzene rings is 2. The first-order chi connectivity index (χ1) is 11.1. The molecule has 0 radical (unpaired) electrons. The van der Waals surface area contributed by atoms with Crippen LogP contribution < -0.4 is 9.54 Å². The van der Waals surface area contributed by atoms with Gasteiger partial charge in [-0.25, -0.2) is 0 Å². The fourth-order valence-electron chi connectivity index (χ4n) is 2.11. The largest absolute Gasteiger partial charge is 0.434 e. The Kier molecular flexibility index (Phi) is 4.47. The number of rotatable bonds is 4. The van der Waals surface area contributed by atoms with Gasteiger partial charge >= 0.3 is 6.61 Å². The van der Waals surface area contributed by atoms with Gasteiger partial charge in [-0.1, -0.05) is 35.6 Å². The summed E-state index contributed by atoms with van der Waals surface area (Å²) >= 11 is 1.51. The Morgan fingerprint density at radius 3 is 2.65 bits per heavy atom. The summed E-state index contributed by atoms with van der Waals surface area (Å²) in [6.07, 6.45) is 1.40. The fourth-order valence-corrected chi connectivity index (χ4v) is 3.08. The van der Waals surface area contributed by atoms with Gasteiger partial charge in [0.25, 0.3) is 0 Å². The van der Waals surface area contributed by atoms with E-state index in [1.54, 1.807) is 18.2 Å². The molecular formula is C16H13F2N3OS. The van der Waals surface area contributed by atoms with E-state index in [0.717, 1.165) is 15.0 Å². The van der Waals surface area contributed by atoms with Crippen molar-refractivity contribution in [2.45, 2.75) is 6.61 Å². The number of aryl methyl sites for hydroxylation is 1. The summed E-state index contributed by atoms with van der Waals surface area (Å²) in [5, 5.41) is 8.17. The van der Waals surface area contributed by atoms with Crippen LogP contribution in [0.4, 0.5) is 8.78 Å². The number of nitrogens with zero attached hydrogens (tertiary/aromatic N) is 3. The first-order valence-electron chi connectivity index (χ1n) is 6.80. The zero-order chi connectivity index (χ0) is 16.2. The van der Waals surface area contributed by atoms with Gasteiger partial charge in [0.15, 0.2) is 0 Å². The van der Waals surface area contributed by atoms with Gasteiger partial charge in [-0.15, -0.1) is 5.10 Å². The van der Waals surface area contributed by atoms with Crippen LogP contribution in [0.2, 0.25) is 0 Å². The topological polar surface area (TPSA) is 38.9 Å². The SMILES string of the molecule is Cn1/c(=N/N=C\c2ccccc2OC(F)F)sc2ccccc21. The molecule has 0 aliphatic rings. The first kappa shape index (κ1) is 15.4. The quantitative estimate of drug-likeness (QED) is 0.529. The molecule has 0 amide bonds. The van der Waals surface area contributed by atoms with E-state index in [-0.39, 0.29) is 5.75 Å². The zero-order valence-electron chi connectivity index (χ0n) is 12.2. The fraction of sp³-hybridized carbons (Fsp3) is 0.125. The van der Waals surface area contributed by atoms with Crippen molar-refractivity contribution >= 4 is 27.8 Å². The minimum atomic E-state index is -2.87. The molecule has 0 aliphatic heterocycles. The molecule has 118 valence electrons. The molecule has 7 heteroatoms. The van der Waals surface area contributed by atoms with Crippen molar-refractivity contribution in [3.63, 3.8) is 0 Å². The van der Waals surface area contributed by atoms with Crippen LogP contribution in [0, 0.1) is 0 Å². The number of alkyl halides is 2. The summed E-state index contributed by atoms with van der Waals surface area (Å²) < 4.78 is 32.2. The van der Waals surface area contributed by atoms with Crippen molar-refractivity contribution in [1.82, 2.24) is 4.57 Å². The number of hydrogen-bond donors (Lipinski definition) is 0. The Hall–Kier alpha value is -2.54. The summed E-state index contributed by atoms with van der Waals surface area (Å²) in [7, 11) is 1.90. The lowest BCUT2D eigenvalue weighted by atomic mass is 10.2. The molecule has 4 nitrogen and oxygen atoms in total. The molecule has 0 unspecified atom stereocenters. The highest BCUT2D eigenvalue weighted by atomic mass is 32.1. The van der Waals surface area contributed by atoms with Gasteiger partial charge in [0.2, 0.25) is 4.80 Å². The van der Waals surface area contributed by atoms with Gasteiger partial charge in [-0.3, -0.25) is 0 Å². The molecule has 0 N–H and O–H groups in total. The number of halogens is 2. The molecule has 3 aromatic rings. The van der Waals surface area contributed by atoms with Crippen LogP contribution in [0.15, 0.2) is 58.7 Å². The second kappa shape index (κ2) is 6.70. The minimum absolute atomic E-state index is 0.0714. The molecule has 0 saturated heterocycles. The molecule has 0 fully saturated rings. The Morgan fingerprint density at radius 2 is 1.87 bits per heavy atom. The maximum atomic E-state index is 12.4. The van der Waals surface area contributed by atoms with E-state index in [0.29, 0.717) is 5.56 Å². The Labute approximate surface area is 135 Å². The molecule has 0 spiro atoms. The number of aromatic nitrogens is 1. The lowest BCUT2D eigenvalue weighted by Crippen LogP contribution is -2.09. The van der Waals surface area contributed by atoms with Crippen molar-refractivity contribution < 1.29 is 13.5 Å². The third kappa shape index (κ3) is 3.45. The molecule has 1 aromatic heterocycles. The number of thiazole rings is 1. The molecule has 3 rings (SSSR count). The summed E-state index contributed by atoms with van der Waals surface area (Å²) in [5.41, 5.74) is 1.51. The van der Waals surface area contributed by atoms with Crippen LogP contribution in [-0.4, -0.2) is 17.4 Å². The molecular weight excluding hydrogens is 320 g/mol. The summed E-state index contributed by atoms with van der Waals surface area (Å²) in [6, 6.07) is 14.4. The maximum Gasteiger partial charge on any atom is 0.387 e. The third-order valence-electron chi connectivity index (χ3n) is 3.19. The second-order valence-corrected chi connectivity index (χ2v) is 5.68. The maximum absolute atomic E-state index is 12.4. The van der Waals surface area contributed by atoms with Gasteiger partial charge < -0.3 is 9.30 Å². The molecule has 0 saturated carbocycles. The van der Waals surface area contributed by atoms with Crippen molar-refractivity contribution in [3.05, 3.63) is 58.9 Å². The van der Waals surface area contributed by atoms with Crippen molar-refractivity contribution in [3.8, 4) is 5.75 Å². The number of fused-ring (bicyclic) bond motifs is 1. The number of para-hydroxylation sites is 2. The van der Waals surface area contributed by atoms with Crippen molar-refractivity contribution in [2.75, 3.05) is 0 Å². The monoisotopic (exact) mass is 333 g/mol. The van der Waals surface area contributed by atoms with Gasteiger partial charge in [-0.2, -0.15) is 13.9 Å². The second-order valence-electron chi connectivity index (χ2n) is 4.67. The molecule has 2 aromatic carbocycles. The Balaban J connectivity index is 1.92. The normalized spacial score (nSPS) is 12.6. The standard InChI is InChI=1S/C16H13F2N3OS/c1-21-12-7-3-5-9-14(12)23-16(21)20-19-10-11-6-2-4-8-13(11)22-15(17)18/h2-10,15H,1H3/b19-10-,20-16-. The molecule has 0 aliphatic carbocycles. The number of hydrogen-bond acceptors (Lipinski definition) is 4. The van der Waals surface area contributed by atoms with Crippen LogP contribution in [-0.2, 0) is 7.05 Å². The van der Waals surface area contributed by atoms with Gasteiger partial charge in [0.1, 0.15) is 5.75 Å². The van der Waals surface area contributed by atoms with Gasteiger partial charge in [0, 0.05) is 12.6 Å². The zero-order valence-corrected chi connectivity index (χ0v) is 13.0. The molecule has 1 heterocycles. The Morgan fingerprint density at radius 1 is 1.13 bits per heavy atom. The van der Waals surface area contributed by atoms with E-state index in [9.17, 15) is 8.78 Å². The first-order valence-corrected chi connectivity index (χ1v) is 7.62. The molecule has 23 heavy (non-hydrogen) atoms.